The van der Waals surface area contributed by atoms with Crippen LogP contribution in [-0.4, -0.2) is 13.2 Å². The molecule has 0 bridgehead atoms. The van der Waals surface area contributed by atoms with Crippen molar-refractivity contribution in [2.45, 2.75) is 64.3 Å². The van der Waals surface area contributed by atoms with Crippen molar-refractivity contribution in [3.8, 4) is 5.75 Å². The Hall–Kier alpha value is -1.02. The van der Waals surface area contributed by atoms with Gasteiger partial charge in [0.05, 0.1) is 6.61 Å². The van der Waals surface area contributed by atoms with Crippen LogP contribution in [0.3, 0.4) is 0 Å². The molecule has 0 aromatic heterocycles. The van der Waals surface area contributed by atoms with Crippen molar-refractivity contribution >= 4 is 0 Å². The lowest BCUT2D eigenvalue weighted by molar-refractivity contribution is 0.356. The highest BCUT2D eigenvalue weighted by atomic mass is 16.5. The van der Waals surface area contributed by atoms with E-state index < -0.39 is 0 Å². The summed E-state index contributed by atoms with van der Waals surface area (Å²) in [4.78, 5) is 0. The van der Waals surface area contributed by atoms with Crippen LogP contribution in [0.2, 0.25) is 0 Å². The maximum Gasteiger partial charge on any atom is 0.122 e. The molecule has 1 atom stereocenters. The number of fused-ring (bicyclic) bond motifs is 1. The van der Waals surface area contributed by atoms with E-state index in [4.69, 9.17) is 4.74 Å². The molecule has 1 heterocycles. The lowest BCUT2D eigenvalue weighted by Crippen LogP contribution is -2.22. The minimum atomic E-state index is 0.500. The fraction of sp³-hybridized carbons (Fsp3) is 0.684. The van der Waals surface area contributed by atoms with E-state index in [0.29, 0.717) is 6.04 Å². The quantitative estimate of drug-likeness (QED) is 0.738. The molecule has 21 heavy (non-hydrogen) atoms. The van der Waals surface area contributed by atoms with Gasteiger partial charge in [-0.25, -0.2) is 0 Å². The lowest BCUT2D eigenvalue weighted by Gasteiger charge is -2.19. The molecule has 1 N–H and O–H groups in total. The molecule has 0 spiro atoms. The van der Waals surface area contributed by atoms with Crippen LogP contribution in [0.4, 0.5) is 0 Å². The predicted octanol–water partition coefficient (Wildman–Crippen LogP) is 4.63. The highest BCUT2D eigenvalue weighted by Gasteiger charge is 2.17. The van der Waals surface area contributed by atoms with Crippen molar-refractivity contribution in [2.75, 3.05) is 13.2 Å². The van der Waals surface area contributed by atoms with Gasteiger partial charge in [0.15, 0.2) is 0 Å². The minimum Gasteiger partial charge on any atom is -0.493 e. The van der Waals surface area contributed by atoms with Crippen LogP contribution in [0.15, 0.2) is 18.2 Å². The van der Waals surface area contributed by atoms with E-state index in [-0.39, 0.29) is 0 Å². The normalized spacial score (nSPS) is 19.5. The van der Waals surface area contributed by atoms with Gasteiger partial charge in [0.1, 0.15) is 5.75 Å². The zero-order chi connectivity index (χ0) is 14.5. The molecule has 1 unspecified atom stereocenters. The van der Waals surface area contributed by atoms with E-state index in [0.717, 1.165) is 37.7 Å². The van der Waals surface area contributed by atoms with Crippen molar-refractivity contribution in [3.05, 3.63) is 29.3 Å². The third-order valence-electron chi connectivity index (χ3n) is 5.18. The van der Waals surface area contributed by atoms with Crippen molar-refractivity contribution < 1.29 is 4.74 Å². The minimum absolute atomic E-state index is 0.500. The van der Waals surface area contributed by atoms with Crippen LogP contribution in [-0.2, 0) is 6.42 Å². The third-order valence-corrected chi connectivity index (χ3v) is 5.18. The Morgan fingerprint density at radius 1 is 1.29 bits per heavy atom. The van der Waals surface area contributed by atoms with E-state index in [1.807, 2.05) is 0 Å². The van der Waals surface area contributed by atoms with Crippen LogP contribution in [0.1, 0.15) is 69.0 Å². The monoisotopic (exact) mass is 287 g/mol. The Kier molecular flexibility index (Phi) is 5.18. The summed E-state index contributed by atoms with van der Waals surface area (Å²) < 4.78 is 5.60. The molecule has 1 saturated carbocycles. The summed E-state index contributed by atoms with van der Waals surface area (Å²) in [5.41, 5.74) is 2.82. The zero-order valence-corrected chi connectivity index (χ0v) is 13.4. The molecule has 1 aromatic rings. The summed E-state index contributed by atoms with van der Waals surface area (Å²) in [5.74, 6) is 2.11. The van der Waals surface area contributed by atoms with Crippen LogP contribution in [0.5, 0.6) is 5.75 Å². The van der Waals surface area contributed by atoms with Gasteiger partial charge in [0.2, 0.25) is 0 Å². The van der Waals surface area contributed by atoms with Gasteiger partial charge in [-0.05, 0) is 48.9 Å². The Balaban J connectivity index is 1.48. The fourth-order valence-electron chi connectivity index (χ4n) is 3.89. The first kappa shape index (κ1) is 14.9. The summed E-state index contributed by atoms with van der Waals surface area (Å²) in [6.07, 6.45) is 10.9. The lowest BCUT2D eigenvalue weighted by atomic mass is 9.99. The van der Waals surface area contributed by atoms with Gasteiger partial charge in [-0.15, -0.1) is 0 Å². The van der Waals surface area contributed by atoms with Crippen LogP contribution in [0.25, 0.3) is 0 Å². The number of hydrogen-bond donors (Lipinski definition) is 1. The second-order valence-electron chi connectivity index (χ2n) is 6.67. The van der Waals surface area contributed by atoms with Gasteiger partial charge < -0.3 is 10.1 Å². The maximum atomic E-state index is 5.60. The Labute approximate surface area is 129 Å². The molecule has 2 aliphatic rings. The number of ether oxygens (including phenoxy) is 1. The molecular weight excluding hydrogens is 258 g/mol. The van der Waals surface area contributed by atoms with Crippen molar-refractivity contribution in [1.29, 1.82) is 0 Å². The van der Waals surface area contributed by atoms with Gasteiger partial charge in [0.25, 0.3) is 0 Å². The number of rotatable bonds is 7. The smallest absolute Gasteiger partial charge is 0.122 e. The Morgan fingerprint density at radius 2 is 2.14 bits per heavy atom. The molecule has 0 amide bonds. The first-order valence-electron chi connectivity index (χ1n) is 8.86. The number of nitrogens with one attached hydrogen (secondary N) is 1. The van der Waals surface area contributed by atoms with Gasteiger partial charge in [-0.3, -0.25) is 0 Å². The molecule has 116 valence electrons. The van der Waals surface area contributed by atoms with E-state index in [1.54, 1.807) is 0 Å². The van der Waals surface area contributed by atoms with Gasteiger partial charge in [-0.1, -0.05) is 44.7 Å². The number of benzene rings is 1. The van der Waals surface area contributed by atoms with E-state index in [2.05, 4.69) is 30.4 Å². The van der Waals surface area contributed by atoms with E-state index in [1.165, 1.54) is 49.7 Å². The average Bonchev–Trinajstić information content (AvgIpc) is 3.17. The largest absolute Gasteiger partial charge is 0.493 e. The van der Waals surface area contributed by atoms with Gasteiger partial charge in [0, 0.05) is 12.5 Å². The first-order chi connectivity index (χ1) is 10.4. The van der Waals surface area contributed by atoms with Crippen LogP contribution < -0.4 is 10.1 Å². The van der Waals surface area contributed by atoms with Gasteiger partial charge >= 0.3 is 0 Å². The first-order valence-corrected chi connectivity index (χ1v) is 8.86. The summed E-state index contributed by atoms with van der Waals surface area (Å²) >= 11 is 0. The van der Waals surface area contributed by atoms with Gasteiger partial charge in [-0.2, -0.15) is 0 Å². The Morgan fingerprint density at radius 3 is 2.95 bits per heavy atom. The summed E-state index contributed by atoms with van der Waals surface area (Å²) in [5, 5.41) is 3.76. The highest BCUT2D eigenvalue weighted by Crippen LogP contribution is 2.30. The molecule has 3 rings (SSSR count). The van der Waals surface area contributed by atoms with Crippen molar-refractivity contribution in [3.63, 3.8) is 0 Å². The van der Waals surface area contributed by atoms with Crippen LogP contribution >= 0.6 is 0 Å². The fourth-order valence-corrected chi connectivity index (χ4v) is 3.89. The molecule has 2 nitrogen and oxygen atoms in total. The van der Waals surface area contributed by atoms with E-state index >= 15 is 0 Å². The standard InChI is InChI=1S/C19H29NO/c1-2-18(20-12-5-8-15-6-3-4-7-15)16-9-10-19-17(14-16)11-13-21-19/h9-10,14-15,18,20H,2-8,11-13H2,1H3. The molecule has 1 fully saturated rings. The topological polar surface area (TPSA) is 21.3 Å². The second kappa shape index (κ2) is 7.31. The molecule has 1 aliphatic carbocycles. The summed E-state index contributed by atoms with van der Waals surface area (Å²) in [6, 6.07) is 7.24. The highest BCUT2D eigenvalue weighted by molar-refractivity contribution is 5.40. The molecule has 0 radical (unpaired) electrons. The second-order valence-corrected chi connectivity index (χ2v) is 6.67. The average molecular weight is 287 g/mol. The number of hydrogen-bond acceptors (Lipinski definition) is 2. The Bertz CT molecular complexity index is 451. The molecule has 2 heteroatoms. The molecule has 1 aliphatic heterocycles. The summed E-state index contributed by atoms with van der Waals surface area (Å²) in [6.45, 7) is 4.28. The van der Waals surface area contributed by atoms with Crippen molar-refractivity contribution in [1.82, 2.24) is 5.32 Å². The molecule has 0 saturated heterocycles. The molecular formula is C19H29NO. The van der Waals surface area contributed by atoms with Crippen molar-refractivity contribution in [2.24, 2.45) is 5.92 Å². The van der Waals surface area contributed by atoms with Crippen LogP contribution in [0, 0.1) is 5.92 Å². The molecule has 1 aromatic carbocycles. The predicted molar refractivity (Wildman–Crippen MR) is 87.9 cm³/mol. The third kappa shape index (κ3) is 3.79. The summed E-state index contributed by atoms with van der Waals surface area (Å²) in [7, 11) is 0. The maximum absolute atomic E-state index is 5.60. The zero-order valence-electron chi connectivity index (χ0n) is 13.4. The van der Waals surface area contributed by atoms with E-state index in [9.17, 15) is 0 Å². The SMILES string of the molecule is CCC(NCCCC1CCCC1)c1ccc2c(c1)CCO2.